The lowest BCUT2D eigenvalue weighted by Crippen LogP contribution is -2.29. The van der Waals surface area contributed by atoms with Gasteiger partial charge in [-0.1, -0.05) is 29.8 Å². The number of nitrogens with zero attached hydrogens (tertiary/aromatic N) is 1. The van der Waals surface area contributed by atoms with Crippen LogP contribution in [-0.2, 0) is 6.54 Å². The highest BCUT2D eigenvalue weighted by molar-refractivity contribution is 5.99. The Bertz CT molecular complexity index is 1520. The lowest BCUT2D eigenvalue weighted by Gasteiger charge is -2.25. The Labute approximate surface area is 195 Å². The third kappa shape index (κ3) is 3.12. The molecular formula is C27H21NO6. The fraction of sp³-hybridized carbons (Fsp3) is 0.185. The van der Waals surface area contributed by atoms with Crippen LogP contribution in [-0.4, -0.2) is 24.7 Å². The van der Waals surface area contributed by atoms with Crippen molar-refractivity contribution in [1.82, 2.24) is 4.90 Å². The number of ether oxygens (including phenoxy) is 3. The molecule has 0 saturated carbocycles. The Hall–Kier alpha value is -4.26. The molecule has 1 amide bonds. The molecule has 0 bridgehead atoms. The lowest BCUT2D eigenvalue weighted by atomic mass is 9.97. The minimum atomic E-state index is -0.621. The molecule has 0 radical (unpaired) electrons. The summed E-state index contributed by atoms with van der Waals surface area (Å²) in [5.41, 5.74) is 3.11. The number of methoxy groups -OCH3 is 1. The fourth-order valence-electron chi connectivity index (χ4n) is 4.69. The molecule has 1 aromatic heterocycles. The van der Waals surface area contributed by atoms with Gasteiger partial charge in [0, 0.05) is 6.54 Å². The van der Waals surface area contributed by atoms with Gasteiger partial charge in [0.2, 0.25) is 12.6 Å². The molecule has 7 heteroatoms. The van der Waals surface area contributed by atoms with Crippen LogP contribution in [0.4, 0.5) is 0 Å². The first-order valence-corrected chi connectivity index (χ1v) is 10.9. The first kappa shape index (κ1) is 20.4. The van der Waals surface area contributed by atoms with E-state index in [1.165, 1.54) is 0 Å². The molecule has 3 aromatic carbocycles. The maximum Gasteiger partial charge on any atom is 0.291 e. The molecule has 2 aliphatic heterocycles. The van der Waals surface area contributed by atoms with Crippen LogP contribution in [0.2, 0.25) is 0 Å². The molecule has 0 fully saturated rings. The maximum absolute atomic E-state index is 13.7. The second-order valence-corrected chi connectivity index (χ2v) is 8.47. The highest BCUT2D eigenvalue weighted by Crippen LogP contribution is 2.41. The van der Waals surface area contributed by atoms with Crippen molar-refractivity contribution in [2.24, 2.45) is 0 Å². The van der Waals surface area contributed by atoms with E-state index < -0.39 is 6.04 Å². The molecule has 2 aliphatic rings. The van der Waals surface area contributed by atoms with Gasteiger partial charge in [0.15, 0.2) is 16.9 Å². The van der Waals surface area contributed by atoms with E-state index in [9.17, 15) is 9.59 Å². The summed E-state index contributed by atoms with van der Waals surface area (Å²) in [6, 6.07) is 17.8. The van der Waals surface area contributed by atoms with Crippen molar-refractivity contribution < 1.29 is 23.4 Å². The van der Waals surface area contributed by atoms with Crippen LogP contribution in [0.15, 0.2) is 69.9 Å². The molecule has 7 nitrogen and oxygen atoms in total. The van der Waals surface area contributed by atoms with Crippen molar-refractivity contribution in [1.29, 1.82) is 0 Å². The number of rotatable bonds is 4. The third-order valence-corrected chi connectivity index (χ3v) is 6.32. The summed E-state index contributed by atoms with van der Waals surface area (Å²) in [7, 11) is 1.59. The highest BCUT2D eigenvalue weighted by atomic mass is 16.7. The van der Waals surface area contributed by atoms with Gasteiger partial charge >= 0.3 is 0 Å². The van der Waals surface area contributed by atoms with Crippen LogP contribution >= 0.6 is 0 Å². The average molecular weight is 455 g/mol. The number of aryl methyl sites for hydroxylation is 1. The van der Waals surface area contributed by atoms with Crippen LogP contribution in [0.25, 0.3) is 11.0 Å². The quantitative estimate of drug-likeness (QED) is 0.448. The summed E-state index contributed by atoms with van der Waals surface area (Å²) in [5.74, 6) is 1.69. The van der Waals surface area contributed by atoms with E-state index in [2.05, 4.69) is 0 Å². The summed E-state index contributed by atoms with van der Waals surface area (Å²) >= 11 is 0. The summed E-state index contributed by atoms with van der Waals surface area (Å²) in [5, 5.41) is 0.462. The predicted octanol–water partition coefficient (Wildman–Crippen LogP) is 4.58. The van der Waals surface area contributed by atoms with E-state index in [1.54, 1.807) is 24.1 Å². The van der Waals surface area contributed by atoms with Gasteiger partial charge in [-0.25, -0.2) is 0 Å². The molecule has 0 saturated heterocycles. The minimum absolute atomic E-state index is 0.0786. The summed E-state index contributed by atoms with van der Waals surface area (Å²) in [4.78, 5) is 29.0. The van der Waals surface area contributed by atoms with Crippen LogP contribution in [0, 0.1) is 6.92 Å². The van der Waals surface area contributed by atoms with E-state index in [4.69, 9.17) is 18.6 Å². The van der Waals surface area contributed by atoms with Gasteiger partial charge in [0.05, 0.1) is 24.1 Å². The van der Waals surface area contributed by atoms with Crippen molar-refractivity contribution in [3.63, 3.8) is 0 Å². The monoisotopic (exact) mass is 455 g/mol. The highest BCUT2D eigenvalue weighted by Gasteiger charge is 2.43. The number of amides is 1. The van der Waals surface area contributed by atoms with Gasteiger partial charge in [0.1, 0.15) is 11.3 Å². The number of carbonyl (C=O) groups excluding carboxylic acids is 1. The van der Waals surface area contributed by atoms with Crippen molar-refractivity contribution in [2.45, 2.75) is 19.5 Å². The molecule has 0 spiro atoms. The summed E-state index contributed by atoms with van der Waals surface area (Å²) in [6.07, 6.45) is 0. The van der Waals surface area contributed by atoms with Gasteiger partial charge in [-0.3, -0.25) is 9.59 Å². The Balaban J connectivity index is 1.53. The SMILES string of the molecule is COc1cccc([C@H]2c3c(oc4ccc(C)cc4c3=O)C(=O)N2Cc2ccc3c(c2)OCO3)c1. The number of carbonyl (C=O) groups is 1. The normalized spacial score (nSPS) is 16.2. The molecule has 4 aromatic rings. The molecule has 0 N–H and O–H groups in total. The number of fused-ring (bicyclic) bond motifs is 3. The zero-order chi connectivity index (χ0) is 23.4. The minimum Gasteiger partial charge on any atom is -0.497 e. The molecule has 0 aliphatic carbocycles. The van der Waals surface area contributed by atoms with Crippen molar-refractivity contribution in [3.05, 3.63) is 98.9 Å². The number of hydrogen-bond acceptors (Lipinski definition) is 6. The van der Waals surface area contributed by atoms with Gasteiger partial charge < -0.3 is 23.5 Å². The van der Waals surface area contributed by atoms with E-state index in [0.717, 1.165) is 16.7 Å². The van der Waals surface area contributed by atoms with Gasteiger partial charge in [-0.05, 0) is 54.4 Å². The summed E-state index contributed by atoms with van der Waals surface area (Å²) in [6.45, 7) is 2.35. The standard InChI is InChI=1S/C27H21NO6/c1-15-6-8-20-19(10-15)25(29)23-24(17-4-3-5-18(12-17)31-2)28(27(30)26(23)34-20)13-16-7-9-21-22(11-16)33-14-32-21/h3-12,24H,13-14H2,1-2H3/t24-/m0/s1. The van der Waals surface area contributed by atoms with Crippen molar-refractivity contribution in [2.75, 3.05) is 13.9 Å². The molecular weight excluding hydrogens is 434 g/mol. The first-order chi connectivity index (χ1) is 16.5. The molecule has 3 heterocycles. The summed E-state index contributed by atoms with van der Waals surface area (Å²) < 4.78 is 22.4. The number of benzene rings is 3. The molecule has 0 unspecified atom stereocenters. The number of hydrogen-bond donors (Lipinski definition) is 0. The Morgan fingerprint density at radius 2 is 1.85 bits per heavy atom. The molecule has 6 rings (SSSR count). The second kappa shape index (κ2) is 7.66. The van der Waals surface area contributed by atoms with Crippen LogP contribution < -0.4 is 19.6 Å². The van der Waals surface area contributed by atoms with Gasteiger partial charge in [0.25, 0.3) is 5.91 Å². The maximum atomic E-state index is 13.7. The van der Waals surface area contributed by atoms with E-state index in [-0.39, 0.29) is 30.4 Å². The molecule has 1 atom stereocenters. The van der Waals surface area contributed by atoms with Crippen LogP contribution in [0.3, 0.4) is 0 Å². The van der Waals surface area contributed by atoms with Crippen molar-refractivity contribution in [3.8, 4) is 17.2 Å². The second-order valence-electron chi connectivity index (χ2n) is 8.47. The Kier molecular flexibility index (Phi) is 4.58. The van der Waals surface area contributed by atoms with E-state index >= 15 is 0 Å². The molecule has 34 heavy (non-hydrogen) atoms. The largest absolute Gasteiger partial charge is 0.497 e. The van der Waals surface area contributed by atoms with E-state index in [1.807, 2.05) is 55.5 Å². The van der Waals surface area contributed by atoms with Gasteiger partial charge in [-0.15, -0.1) is 0 Å². The average Bonchev–Trinajstić information content (AvgIpc) is 3.42. The smallest absolute Gasteiger partial charge is 0.291 e. The van der Waals surface area contributed by atoms with Gasteiger partial charge in [-0.2, -0.15) is 0 Å². The Morgan fingerprint density at radius 1 is 1.00 bits per heavy atom. The third-order valence-electron chi connectivity index (χ3n) is 6.32. The Morgan fingerprint density at radius 3 is 2.71 bits per heavy atom. The van der Waals surface area contributed by atoms with Crippen molar-refractivity contribution >= 4 is 16.9 Å². The fourth-order valence-corrected chi connectivity index (χ4v) is 4.69. The zero-order valence-electron chi connectivity index (χ0n) is 18.7. The van der Waals surface area contributed by atoms with E-state index in [0.29, 0.717) is 33.8 Å². The van der Waals surface area contributed by atoms with Crippen LogP contribution in [0.1, 0.15) is 38.9 Å². The lowest BCUT2D eigenvalue weighted by molar-refractivity contribution is 0.0714. The molecule has 170 valence electrons. The van der Waals surface area contributed by atoms with Crippen LogP contribution in [0.5, 0.6) is 17.2 Å². The zero-order valence-corrected chi connectivity index (χ0v) is 18.7. The topological polar surface area (TPSA) is 78.2 Å². The predicted molar refractivity (Wildman–Crippen MR) is 124 cm³/mol. The first-order valence-electron chi connectivity index (χ1n) is 10.9.